The molecule has 1 fully saturated rings. The Hall–Kier alpha value is -2.32. The Kier molecular flexibility index (Phi) is 3.86. The van der Waals surface area contributed by atoms with Gasteiger partial charge < -0.3 is 4.90 Å². The second kappa shape index (κ2) is 5.82. The monoisotopic (exact) mass is 310 g/mol. The minimum atomic E-state index is -2.66. The van der Waals surface area contributed by atoms with Crippen molar-refractivity contribution in [3.8, 4) is 0 Å². The molecule has 9 heteroatoms. The molecule has 0 aromatic carbocycles. The van der Waals surface area contributed by atoms with Crippen LogP contribution >= 0.6 is 0 Å². The van der Waals surface area contributed by atoms with E-state index >= 15 is 0 Å². The van der Waals surface area contributed by atoms with Gasteiger partial charge in [-0.3, -0.25) is 15.0 Å². The molecule has 118 valence electrons. The fraction of sp³-hybridized carbons (Fsp3) is 0.538. The van der Waals surface area contributed by atoms with Crippen LogP contribution in [0.3, 0.4) is 0 Å². The second-order valence-electron chi connectivity index (χ2n) is 5.35. The van der Waals surface area contributed by atoms with Crippen molar-refractivity contribution >= 4 is 5.91 Å². The molecule has 3 rings (SSSR count). The largest absolute Gasteiger partial charge is 0.337 e. The lowest BCUT2D eigenvalue weighted by molar-refractivity contribution is 0.0705. The van der Waals surface area contributed by atoms with E-state index in [1.54, 1.807) is 4.90 Å². The summed E-state index contributed by atoms with van der Waals surface area (Å²) in [5, 5.41) is 12.8. The van der Waals surface area contributed by atoms with Gasteiger partial charge in [-0.25, -0.2) is 13.8 Å². The molecule has 2 aromatic heterocycles. The Bertz CT molecular complexity index is 659. The average Bonchev–Trinajstić information content (AvgIpc) is 3.16. The summed E-state index contributed by atoms with van der Waals surface area (Å²) in [5.41, 5.74) is -0.308. The van der Waals surface area contributed by atoms with Crippen LogP contribution in [0.1, 0.15) is 53.0 Å². The molecule has 0 atom stereocenters. The van der Waals surface area contributed by atoms with Crippen LogP contribution in [0.15, 0.2) is 6.07 Å². The summed E-state index contributed by atoms with van der Waals surface area (Å²) in [4.78, 5) is 18.2. The van der Waals surface area contributed by atoms with Crippen molar-refractivity contribution in [2.75, 3.05) is 13.1 Å². The fourth-order valence-electron chi connectivity index (χ4n) is 2.60. The molecular weight excluding hydrogens is 294 g/mol. The van der Waals surface area contributed by atoms with Crippen LogP contribution in [0.25, 0.3) is 0 Å². The van der Waals surface area contributed by atoms with Crippen molar-refractivity contribution in [3.05, 3.63) is 29.1 Å². The van der Waals surface area contributed by atoms with E-state index in [4.69, 9.17) is 0 Å². The van der Waals surface area contributed by atoms with E-state index in [0.29, 0.717) is 13.1 Å². The lowest BCUT2D eigenvalue weighted by Crippen LogP contribution is -2.38. The zero-order valence-electron chi connectivity index (χ0n) is 12.0. The first kappa shape index (κ1) is 14.6. The number of piperidine rings is 1. The molecule has 3 heterocycles. The summed E-state index contributed by atoms with van der Waals surface area (Å²) in [6, 6.07) is 1.11. The van der Waals surface area contributed by atoms with Crippen molar-refractivity contribution in [1.29, 1.82) is 0 Å². The number of aromatic nitrogens is 5. The number of halogens is 2. The predicted octanol–water partition coefficient (Wildman–Crippen LogP) is 1.79. The third-order valence-corrected chi connectivity index (χ3v) is 3.81. The first-order valence-electron chi connectivity index (χ1n) is 7.06. The molecule has 1 aliphatic rings. The molecule has 2 N–H and O–H groups in total. The Morgan fingerprint density at radius 2 is 2.05 bits per heavy atom. The summed E-state index contributed by atoms with van der Waals surface area (Å²) in [7, 11) is 0. The lowest BCUT2D eigenvalue weighted by Gasteiger charge is -2.30. The highest BCUT2D eigenvalue weighted by atomic mass is 19.3. The Morgan fingerprint density at radius 1 is 1.32 bits per heavy atom. The van der Waals surface area contributed by atoms with E-state index in [2.05, 4.69) is 25.4 Å². The molecule has 22 heavy (non-hydrogen) atoms. The number of amides is 1. The lowest BCUT2D eigenvalue weighted by atomic mass is 9.96. The van der Waals surface area contributed by atoms with Crippen LogP contribution in [0.5, 0.6) is 0 Å². The van der Waals surface area contributed by atoms with Gasteiger partial charge in [0.2, 0.25) is 0 Å². The number of likely N-dealkylation sites (tertiary alicyclic amines) is 1. The predicted molar refractivity (Wildman–Crippen MR) is 72.5 cm³/mol. The van der Waals surface area contributed by atoms with Crippen LogP contribution in [0.4, 0.5) is 8.78 Å². The van der Waals surface area contributed by atoms with E-state index in [9.17, 15) is 13.6 Å². The summed E-state index contributed by atoms with van der Waals surface area (Å²) in [6.45, 7) is 2.91. The molecule has 0 spiro atoms. The molecule has 0 saturated carbocycles. The van der Waals surface area contributed by atoms with Crippen LogP contribution in [-0.4, -0.2) is 49.3 Å². The maximum absolute atomic E-state index is 12.5. The molecule has 0 bridgehead atoms. The highest BCUT2D eigenvalue weighted by Crippen LogP contribution is 2.26. The number of hydrogen-bond acceptors (Lipinski definition) is 4. The normalized spacial score (nSPS) is 16.5. The first-order chi connectivity index (χ1) is 10.5. The van der Waals surface area contributed by atoms with Gasteiger partial charge in [-0.2, -0.15) is 10.2 Å². The quantitative estimate of drug-likeness (QED) is 0.904. The van der Waals surface area contributed by atoms with Gasteiger partial charge in [-0.1, -0.05) is 0 Å². The van der Waals surface area contributed by atoms with Gasteiger partial charge in [0.05, 0.1) is 0 Å². The van der Waals surface area contributed by atoms with Crippen molar-refractivity contribution in [2.45, 2.75) is 32.1 Å². The molecule has 7 nitrogen and oxygen atoms in total. The number of alkyl halides is 2. The second-order valence-corrected chi connectivity index (χ2v) is 5.35. The van der Waals surface area contributed by atoms with Crippen LogP contribution in [-0.2, 0) is 0 Å². The molecule has 1 aliphatic heterocycles. The molecule has 1 amide bonds. The third-order valence-electron chi connectivity index (χ3n) is 3.81. The molecule has 2 aromatic rings. The first-order valence-corrected chi connectivity index (χ1v) is 7.06. The van der Waals surface area contributed by atoms with E-state index < -0.39 is 6.43 Å². The van der Waals surface area contributed by atoms with Gasteiger partial charge in [-0.05, 0) is 25.8 Å². The summed E-state index contributed by atoms with van der Waals surface area (Å²) < 4.78 is 25.0. The van der Waals surface area contributed by atoms with Crippen molar-refractivity contribution in [2.24, 2.45) is 0 Å². The SMILES string of the molecule is Cc1nc(C2CCN(C(=O)c3cc(C(F)F)[nH]n3)CC2)n[nH]1. The average molecular weight is 310 g/mol. The van der Waals surface area contributed by atoms with Crippen molar-refractivity contribution < 1.29 is 13.6 Å². The highest BCUT2D eigenvalue weighted by Gasteiger charge is 2.28. The fourth-order valence-corrected chi connectivity index (χ4v) is 2.60. The van der Waals surface area contributed by atoms with Gasteiger partial charge in [0, 0.05) is 19.0 Å². The number of carbonyl (C=O) groups is 1. The number of nitrogens with zero attached hydrogens (tertiary/aromatic N) is 4. The Morgan fingerprint density at radius 3 is 2.59 bits per heavy atom. The Labute approximate surface area is 125 Å². The highest BCUT2D eigenvalue weighted by molar-refractivity contribution is 5.92. The summed E-state index contributed by atoms with van der Waals surface area (Å²) in [5.74, 6) is 1.42. The van der Waals surface area contributed by atoms with Gasteiger partial charge in [0.15, 0.2) is 11.5 Å². The van der Waals surface area contributed by atoms with Gasteiger partial charge in [0.25, 0.3) is 12.3 Å². The van der Waals surface area contributed by atoms with Gasteiger partial charge in [-0.15, -0.1) is 0 Å². The molecule has 0 unspecified atom stereocenters. The molecule has 1 saturated heterocycles. The van der Waals surface area contributed by atoms with E-state index in [1.807, 2.05) is 6.92 Å². The van der Waals surface area contributed by atoms with Gasteiger partial charge in [0.1, 0.15) is 11.5 Å². The molecule has 0 aliphatic carbocycles. The standard InChI is InChI=1S/C13H16F2N6O/c1-7-16-12(20-17-7)8-2-4-21(5-3-8)13(22)10-6-9(11(14)15)18-19-10/h6,8,11H,2-5H2,1H3,(H,18,19)(H,16,17,20). The molecular formula is C13H16F2N6O. The number of aromatic amines is 2. The third kappa shape index (κ3) is 2.83. The topological polar surface area (TPSA) is 90.6 Å². The van der Waals surface area contributed by atoms with Crippen LogP contribution in [0.2, 0.25) is 0 Å². The summed E-state index contributed by atoms with van der Waals surface area (Å²) >= 11 is 0. The maximum Gasteiger partial charge on any atom is 0.279 e. The minimum absolute atomic E-state index is 0.0301. The number of aryl methyl sites for hydroxylation is 1. The zero-order valence-corrected chi connectivity index (χ0v) is 12.0. The number of hydrogen-bond donors (Lipinski definition) is 2. The van der Waals surface area contributed by atoms with Crippen molar-refractivity contribution in [3.63, 3.8) is 0 Å². The number of nitrogens with one attached hydrogen (secondary N) is 2. The van der Waals surface area contributed by atoms with E-state index in [0.717, 1.165) is 30.6 Å². The summed E-state index contributed by atoms with van der Waals surface area (Å²) in [6.07, 6.45) is -1.17. The number of rotatable bonds is 3. The minimum Gasteiger partial charge on any atom is -0.337 e. The number of H-pyrrole nitrogens is 2. The van der Waals surface area contributed by atoms with E-state index in [1.165, 1.54) is 0 Å². The van der Waals surface area contributed by atoms with Gasteiger partial charge >= 0.3 is 0 Å². The van der Waals surface area contributed by atoms with Crippen molar-refractivity contribution in [1.82, 2.24) is 30.3 Å². The van der Waals surface area contributed by atoms with Crippen LogP contribution < -0.4 is 0 Å². The maximum atomic E-state index is 12.5. The van der Waals surface area contributed by atoms with E-state index in [-0.39, 0.29) is 23.2 Å². The Balaban J connectivity index is 1.61. The smallest absolute Gasteiger partial charge is 0.279 e. The molecule has 0 radical (unpaired) electrons. The zero-order chi connectivity index (χ0) is 15.7. The van der Waals surface area contributed by atoms with Crippen LogP contribution in [0, 0.1) is 6.92 Å². The number of carbonyl (C=O) groups excluding carboxylic acids is 1.